The first-order chi connectivity index (χ1) is 8.58. The van der Waals surface area contributed by atoms with E-state index in [1.54, 1.807) is 18.0 Å². The van der Waals surface area contributed by atoms with E-state index in [-0.39, 0.29) is 24.8 Å². The van der Waals surface area contributed by atoms with Crippen molar-refractivity contribution in [3.05, 3.63) is 29.6 Å². The molecule has 0 aromatic heterocycles. The third-order valence-corrected chi connectivity index (χ3v) is 2.63. The Balaban J connectivity index is 2.71. The number of hydrogen-bond acceptors (Lipinski definition) is 3. The van der Waals surface area contributed by atoms with Gasteiger partial charge in [-0.05, 0) is 30.2 Å². The van der Waals surface area contributed by atoms with Crippen LogP contribution < -0.4 is 16.0 Å². The number of benzene rings is 1. The largest absolute Gasteiger partial charge is 0.365 e. The fourth-order valence-electron chi connectivity index (χ4n) is 1.71. The highest BCUT2D eigenvalue weighted by atomic mass is 19.1. The van der Waals surface area contributed by atoms with Crippen LogP contribution in [0.25, 0.3) is 0 Å². The van der Waals surface area contributed by atoms with Crippen molar-refractivity contribution in [3.63, 3.8) is 0 Å². The van der Waals surface area contributed by atoms with Crippen LogP contribution in [0.2, 0.25) is 0 Å². The summed E-state index contributed by atoms with van der Waals surface area (Å²) in [4.78, 5) is 13.4. The molecule has 100 valence electrons. The maximum Gasteiger partial charge on any atom is 0.239 e. The maximum absolute atomic E-state index is 13.1. The number of rotatable bonds is 6. The molecule has 1 amide bonds. The zero-order chi connectivity index (χ0) is 13.5. The number of nitrogens with one attached hydrogen (secondary N) is 1. The van der Waals surface area contributed by atoms with E-state index in [4.69, 9.17) is 5.73 Å². The van der Waals surface area contributed by atoms with E-state index in [1.807, 2.05) is 6.92 Å². The molecular weight excluding hydrogens is 233 g/mol. The van der Waals surface area contributed by atoms with E-state index in [1.165, 1.54) is 12.1 Å². The Hall–Kier alpha value is -1.62. The molecule has 1 rings (SSSR count). The van der Waals surface area contributed by atoms with E-state index in [2.05, 4.69) is 5.32 Å². The molecule has 0 spiro atoms. The van der Waals surface area contributed by atoms with Crippen LogP contribution in [0.4, 0.5) is 10.1 Å². The van der Waals surface area contributed by atoms with E-state index in [0.29, 0.717) is 12.1 Å². The molecule has 0 fully saturated rings. The Bertz CT molecular complexity index is 409. The van der Waals surface area contributed by atoms with Gasteiger partial charge in [-0.1, -0.05) is 6.92 Å². The lowest BCUT2D eigenvalue weighted by molar-refractivity contribution is -0.119. The summed E-state index contributed by atoms with van der Waals surface area (Å²) in [7, 11) is 1.79. The van der Waals surface area contributed by atoms with Crippen LogP contribution in [0.3, 0.4) is 0 Å². The molecule has 5 heteroatoms. The number of nitrogens with zero attached hydrogens (tertiary/aromatic N) is 1. The molecule has 18 heavy (non-hydrogen) atoms. The molecule has 0 bridgehead atoms. The van der Waals surface area contributed by atoms with E-state index in [9.17, 15) is 9.18 Å². The van der Waals surface area contributed by atoms with Crippen LogP contribution in [0.1, 0.15) is 18.9 Å². The summed E-state index contributed by atoms with van der Waals surface area (Å²) >= 11 is 0. The zero-order valence-corrected chi connectivity index (χ0v) is 10.9. The second-order valence-electron chi connectivity index (χ2n) is 4.18. The standard InChI is InChI=1S/C13H20FN3O/c1-3-6-16-13(18)9-17(2)12-5-4-11(14)7-10(12)8-15/h4-5,7H,3,6,8-9,15H2,1-2H3,(H,16,18). The number of hydrogen-bond donors (Lipinski definition) is 2. The molecular formula is C13H20FN3O. The molecule has 0 aliphatic rings. The third kappa shape index (κ3) is 4.00. The summed E-state index contributed by atoms with van der Waals surface area (Å²) in [6.45, 7) is 3.14. The number of carbonyl (C=O) groups excluding carboxylic acids is 1. The summed E-state index contributed by atoms with van der Waals surface area (Å²) in [6, 6.07) is 4.41. The lowest BCUT2D eigenvalue weighted by Crippen LogP contribution is -2.36. The van der Waals surface area contributed by atoms with E-state index < -0.39 is 0 Å². The normalized spacial score (nSPS) is 10.2. The van der Waals surface area contributed by atoms with E-state index >= 15 is 0 Å². The number of halogens is 1. The van der Waals surface area contributed by atoms with Crippen LogP contribution in [0, 0.1) is 5.82 Å². The second-order valence-corrected chi connectivity index (χ2v) is 4.18. The molecule has 0 saturated carbocycles. The molecule has 0 atom stereocenters. The van der Waals surface area contributed by atoms with E-state index in [0.717, 1.165) is 12.1 Å². The quantitative estimate of drug-likeness (QED) is 0.802. The van der Waals surface area contributed by atoms with Gasteiger partial charge in [-0.15, -0.1) is 0 Å². The summed E-state index contributed by atoms with van der Waals surface area (Å²) < 4.78 is 13.1. The molecule has 0 aliphatic heterocycles. The van der Waals surface area contributed by atoms with Gasteiger partial charge >= 0.3 is 0 Å². The Labute approximate surface area is 107 Å². The Morgan fingerprint density at radius 3 is 2.83 bits per heavy atom. The van der Waals surface area contributed by atoms with Gasteiger partial charge in [0.25, 0.3) is 0 Å². The van der Waals surface area contributed by atoms with Crippen LogP contribution >= 0.6 is 0 Å². The molecule has 3 N–H and O–H groups in total. The first kappa shape index (κ1) is 14.4. The fraction of sp³-hybridized carbons (Fsp3) is 0.462. The van der Waals surface area contributed by atoms with Crippen molar-refractivity contribution in [2.45, 2.75) is 19.9 Å². The van der Waals surface area contributed by atoms with Gasteiger partial charge in [0.2, 0.25) is 5.91 Å². The average Bonchev–Trinajstić information content (AvgIpc) is 2.35. The maximum atomic E-state index is 13.1. The Morgan fingerprint density at radius 1 is 1.50 bits per heavy atom. The van der Waals surface area contributed by atoms with Gasteiger partial charge in [-0.25, -0.2) is 4.39 Å². The molecule has 4 nitrogen and oxygen atoms in total. The number of amides is 1. The lowest BCUT2D eigenvalue weighted by atomic mass is 10.1. The lowest BCUT2D eigenvalue weighted by Gasteiger charge is -2.21. The van der Waals surface area contributed by atoms with Gasteiger partial charge in [0.15, 0.2) is 0 Å². The van der Waals surface area contributed by atoms with Crippen molar-refractivity contribution in [1.29, 1.82) is 0 Å². The van der Waals surface area contributed by atoms with Crippen molar-refractivity contribution in [2.75, 3.05) is 25.0 Å². The Morgan fingerprint density at radius 2 is 2.22 bits per heavy atom. The predicted octanol–water partition coefficient (Wildman–Crippen LogP) is 1.25. The minimum Gasteiger partial charge on any atom is -0.365 e. The predicted molar refractivity (Wildman–Crippen MR) is 70.9 cm³/mol. The summed E-state index contributed by atoms with van der Waals surface area (Å²) in [5.41, 5.74) is 7.05. The molecule has 0 saturated heterocycles. The molecule has 1 aromatic carbocycles. The van der Waals surface area contributed by atoms with Crippen molar-refractivity contribution in [2.24, 2.45) is 5.73 Å². The first-order valence-electron chi connectivity index (χ1n) is 6.04. The first-order valence-corrected chi connectivity index (χ1v) is 6.04. The highest BCUT2D eigenvalue weighted by Crippen LogP contribution is 2.19. The van der Waals surface area contributed by atoms with Crippen LogP contribution in [-0.2, 0) is 11.3 Å². The topological polar surface area (TPSA) is 58.4 Å². The van der Waals surface area contributed by atoms with Crippen molar-refractivity contribution < 1.29 is 9.18 Å². The zero-order valence-electron chi connectivity index (χ0n) is 10.9. The SMILES string of the molecule is CCCNC(=O)CN(C)c1ccc(F)cc1CN. The van der Waals surface area contributed by atoms with Crippen LogP contribution in [-0.4, -0.2) is 26.0 Å². The fourth-order valence-corrected chi connectivity index (χ4v) is 1.71. The van der Waals surface area contributed by atoms with Gasteiger partial charge in [0.1, 0.15) is 5.82 Å². The van der Waals surface area contributed by atoms with Crippen LogP contribution in [0.5, 0.6) is 0 Å². The number of carbonyl (C=O) groups is 1. The monoisotopic (exact) mass is 253 g/mol. The number of likely N-dealkylation sites (N-methyl/N-ethyl adjacent to an activating group) is 1. The number of nitrogens with two attached hydrogens (primary N) is 1. The third-order valence-electron chi connectivity index (χ3n) is 2.63. The molecule has 0 aliphatic carbocycles. The Kier molecular flexibility index (Phi) is 5.58. The highest BCUT2D eigenvalue weighted by molar-refractivity contribution is 5.81. The summed E-state index contributed by atoms with van der Waals surface area (Å²) in [6.07, 6.45) is 0.903. The average molecular weight is 253 g/mol. The van der Waals surface area contributed by atoms with Crippen molar-refractivity contribution in [1.82, 2.24) is 5.32 Å². The summed E-state index contributed by atoms with van der Waals surface area (Å²) in [5, 5.41) is 2.80. The van der Waals surface area contributed by atoms with Gasteiger partial charge in [-0.2, -0.15) is 0 Å². The van der Waals surface area contributed by atoms with Crippen LogP contribution in [0.15, 0.2) is 18.2 Å². The molecule has 0 heterocycles. The van der Waals surface area contributed by atoms with Crippen molar-refractivity contribution >= 4 is 11.6 Å². The number of anilines is 1. The smallest absolute Gasteiger partial charge is 0.239 e. The van der Waals surface area contributed by atoms with Crippen molar-refractivity contribution in [3.8, 4) is 0 Å². The molecule has 1 aromatic rings. The molecule has 0 unspecified atom stereocenters. The van der Waals surface area contributed by atoms with Gasteiger partial charge in [0, 0.05) is 25.8 Å². The highest BCUT2D eigenvalue weighted by Gasteiger charge is 2.10. The van der Waals surface area contributed by atoms with Gasteiger partial charge in [0.05, 0.1) is 6.54 Å². The molecule has 0 radical (unpaired) electrons. The minimum atomic E-state index is -0.317. The summed E-state index contributed by atoms with van der Waals surface area (Å²) in [5.74, 6) is -0.366. The second kappa shape index (κ2) is 6.96. The van der Waals surface area contributed by atoms with Gasteiger partial charge in [-0.3, -0.25) is 4.79 Å². The minimum absolute atomic E-state index is 0.0494. The van der Waals surface area contributed by atoms with Gasteiger partial charge < -0.3 is 16.0 Å².